The summed E-state index contributed by atoms with van der Waals surface area (Å²) in [5.74, 6) is 0. The molecule has 0 bridgehead atoms. The molecule has 0 aromatic rings. The fraction of sp³-hybridized carbons (Fsp3) is 1.00. The zero-order valence-corrected chi connectivity index (χ0v) is 10.4. The number of hydrogen-bond acceptors (Lipinski definition) is 4. The first-order chi connectivity index (χ1) is 6.14. The topological polar surface area (TPSA) is 33.7 Å². The molecule has 5 heteroatoms. The summed E-state index contributed by atoms with van der Waals surface area (Å²) in [7, 11) is 1.54. The van der Waals surface area contributed by atoms with E-state index < -0.39 is 8.40 Å². The van der Waals surface area contributed by atoms with Crippen molar-refractivity contribution < 1.29 is 9.68 Å². The maximum absolute atomic E-state index is 5.18. The van der Waals surface area contributed by atoms with Crippen LogP contribution in [0.15, 0.2) is 0 Å². The molecule has 1 N–H and O–H groups in total. The zero-order chi connectivity index (χ0) is 10.3. The summed E-state index contributed by atoms with van der Waals surface area (Å²) >= 11 is 0. The van der Waals surface area contributed by atoms with E-state index in [0.717, 1.165) is 19.0 Å². The van der Waals surface area contributed by atoms with Crippen molar-refractivity contribution >= 4 is 8.40 Å². The van der Waals surface area contributed by atoms with Crippen LogP contribution in [-0.2, 0) is 9.68 Å². The maximum atomic E-state index is 5.18. The highest BCUT2D eigenvalue weighted by Gasteiger charge is 2.35. The molecular weight excluding hydrogens is 184 g/mol. The smallest absolute Gasteiger partial charge is 0.265 e. The van der Waals surface area contributed by atoms with Crippen molar-refractivity contribution in [3.05, 3.63) is 0 Å². The van der Waals surface area contributed by atoms with E-state index in [2.05, 4.69) is 25.4 Å². The van der Waals surface area contributed by atoms with Crippen LogP contribution in [0.3, 0.4) is 0 Å². The molecule has 13 heavy (non-hydrogen) atoms. The monoisotopic (exact) mass is 206 g/mol. The van der Waals surface area contributed by atoms with Gasteiger partial charge >= 0.3 is 0 Å². The normalized spacial score (nSPS) is 16.2. The molecule has 0 radical (unpaired) electrons. The maximum Gasteiger partial charge on any atom is 0.265 e. The summed E-state index contributed by atoms with van der Waals surface area (Å²) in [6.07, 6.45) is 1.14. The van der Waals surface area contributed by atoms with Crippen LogP contribution in [0.1, 0.15) is 20.3 Å². The predicted octanol–water partition coefficient (Wildman–Crippen LogP) is 1.50. The van der Waals surface area contributed by atoms with E-state index in [4.69, 9.17) is 9.68 Å². The molecule has 1 atom stereocenters. The third-order valence-electron chi connectivity index (χ3n) is 2.03. The van der Waals surface area contributed by atoms with Gasteiger partial charge in [-0.1, -0.05) is 25.2 Å². The summed E-state index contributed by atoms with van der Waals surface area (Å²) in [5, 5.41) is 0. The van der Waals surface area contributed by atoms with E-state index in [0.29, 0.717) is 0 Å². The van der Waals surface area contributed by atoms with Gasteiger partial charge in [-0.3, -0.25) is 9.68 Å². The largest absolute Gasteiger partial charge is 0.322 e. The van der Waals surface area contributed by atoms with Crippen LogP contribution in [0.25, 0.3) is 0 Å². The first-order valence-corrected chi connectivity index (χ1v) is 7.43. The first kappa shape index (κ1) is 13.1. The molecular formula is C8H22N2O2Si. The van der Waals surface area contributed by atoms with Crippen LogP contribution in [-0.4, -0.2) is 34.1 Å². The van der Waals surface area contributed by atoms with Crippen molar-refractivity contribution in [2.24, 2.45) is 0 Å². The lowest BCUT2D eigenvalue weighted by Crippen LogP contribution is -2.60. The fourth-order valence-corrected chi connectivity index (χ4v) is 4.62. The van der Waals surface area contributed by atoms with Crippen LogP contribution in [0, 0.1) is 0 Å². The molecule has 0 fully saturated rings. The van der Waals surface area contributed by atoms with E-state index in [9.17, 15) is 0 Å². The third kappa shape index (κ3) is 3.74. The van der Waals surface area contributed by atoms with Crippen molar-refractivity contribution in [2.45, 2.75) is 32.9 Å². The highest BCUT2D eigenvalue weighted by molar-refractivity contribution is 6.72. The molecule has 4 nitrogen and oxygen atoms in total. The molecule has 0 aromatic heterocycles. The Kier molecular flexibility index (Phi) is 6.53. The van der Waals surface area contributed by atoms with Gasteiger partial charge in [0.1, 0.15) is 0 Å². The number of hydrogen-bond donors (Lipinski definition) is 1. The number of nitrogens with one attached hydrogen (secondary N) is 1. The summed E-state index contributed by atoms with van der Waals surface area (Å²) < 4.78 is 0. The highest BCUT2D eigenvalue weighted by atomic mass is 28.3. The van der Waals surface area contributed by atoms with Gasteiger partial charge in [-0.15, -0.1) is 0 Å². The van der Waals surface area contributed by atoms with Crippen LogP contribution in [0.4, 0.5) is 0 Å². The van der Waals surface area contributed by atoms with E-state index in [1.165, 1.54) is 0 Å². The standard InChI is InChI=1S/C8H22N2O2Si/c1-6-8-13(5,9-7-2)10(11-3)12-4/h9H,6-8H2,1-5H3. The van der Waals surface area contributed by atoms with Gasteiger partial charge < -0.3 is 4.98 Å². The van der Waals surface area contributed by atoms with Crippen LogP contribution in [0.2, 0.25) is 12.6 Å². The second kappa shape index (κ2) is 6.50. The lowest BCUT2D eigenvalue weighted by molar-refractivity contribution is -0.286. The zero-order valence-electron chi connectivity index (χ0n) is 9.39. The van der Waals surface area contributed by atoms with Crippen LogP contribution >= 0.6 is 0 Å². The number of nitrogens with zero attached hydrogens (tertiary/aromatic N) is 1. The first-order valence-electron chi connectivity index (χ1n) is 4.78. The Morgan fingerprint density at radius 1 is 1.23 bits per heavy atom. The van der Waals surface area contributed by atoms with Crippen molar-refractivity contribution in [3.63, 3.8) is 0 Å². The Balaban J connectivity index is 4.33. The molecule has 0 saturated heterocycles. The van der Waals surface area contributed by atoms with E-state index >= 15 is 0 Å². The molecule has 0 aromatic carbocycles. The summed E-state index contributed by atoms with van der Waals surface area (Å²) in [4.78, 5) is 15.5. The summed E-state index contributed by atoms with van der Waals surface area (Å²) in [6, 6.07) is 1.11. The quantitative estimate of drug-likeness (QED) is 0.505. The van der Waals surface area contributed by atoms with Gasteiger partial charge in [0.05, 0.1) is 14.2 Å². The molecule has 0 aliphatic carbocycles. The van der Waals surface area contributed by atoms with Gasteiger partial charge in [0.25, 0.3) is 8.40 Å². The van der Waals surface area contributed by atoms with Crippen molar-refractivity contribution in [1.82, 2.24) is 9.87 Å². The number of rotatable bonds is 7. The summed E-state index contributed by atoms with van der Waals surface area (Å²) in [5.41, 5.74) is 0. The third-order valence-corrected chi connectivity index (χ3v) is 5.79. The molecule has 0 heterocycles. The van der Waals surface area contributed by atoms with Gasteiger partial charge in [-0.05, 0) is 19.1 Å². The lowest BCUT2D eigenvalue weighted by atomic mass is 10.6. The average Bonchev–Trinajstić information content (AvgIpc) is 2.07. The van der Waals surface area contributed by atoms with Crippen LogP contribution < -0.4 is 4.98 Å². The molecule has 0 aliphatic heterocycles. The lowest BCUT2D eigenvalue weighted by Gasteiger charge is -2.35. The fourth-order valence-electron chi connectivity index (χ4n) is 1.59. The molecule has 0 rings (SSSR count). The minimum absolute atomic E-state index is 0.950. The minimum Gasteiger partial charge on any atom is -0.322 e. The van der Waals surface area contributed by atoms with Crippen molar-refractivity contribution in [1.29, 1.82) is 0 Å². The predicted molar refractivity (Wildman–Crippen MR) is 56.2 cm³/mol. The molecule has 0 aliphatic rings. The second-order valence-corrected chi connectivity index (χ2v) is 6.94. The Bertz CT molecular complexity index is 125. The van der Waals surface area contributed by atoms with Crippen LogP contribution in [0.5, 0.6) is 0 Å². The molecule has 80 valence electrons. The Labute approximate surface area is 82.3 Å². The van der Waals surface area contributed by atoms with Gasteiger partial charge in [0, 0.05) is 0 Å². The second-order valence-electron chi connectivity index (χ2n) is 3.18. The van der Waals surface area contributed by atoms with Crippen molar-refractivity contribution in [2.75, 3.05) is 20.8 Å². The molecule has 0 saturated carbocycles. The van der Waals surface area contributed by atoms with E-state index in [1.54, 1.807) is 19.1 Å². The van der Waals surface area contributed by atoms with Gasteiger partial charge in [0.15, 0.2) is 0 Å². The molecule has 0 amide bonds. The SMILES string of the molecule is CCC[Si](C)(NCC)N(OC)OC. The highest BCUT2D eigenvalue weighted by Crippen LogP contribution is 2.14. The molecule has 1 unspecified atom stereocenters. The van der Waals surface area contributed by atoms with Crippen molar-refractivity contribution in [3.8, 4) is 0 Å². The average molecular weight is 206 g/mol. The Morgan fingerprint density at radius 3 is 2.08 bits per heavy atom. The Hall–Kier alpha value is 0.0569. The van der Waals surface area contributed by atoms with E-state index in [1.807, 2.05) is 0 Å². The van der Waals surface area contributed by atoms with Gasteiger partial charge in [-0.2, -0.15) is 0 Å². The summed E-state index contributed by atoms with van der Waals surface area (Å²) in [6.45, 7) is 7.43. The van der Waals surface area contributed by atoms with Gasteiger partial charge in [0.2, 0.25) is 0 Å². The Morgan fingerprint density at radius 2 is 1.77 bits per heavy atom. The minimum atomic E-state index is -1.74. The van der Waals surface area contributed by atoms with E-state index in [-0.39, 0.29) is 0 Å². The molecule has 0 spiro atoms. The van der Waals surface area contributed by atoms with Gasteiger partial charge in [-0.25, -0.2) is 0 Å².